The second-order valence-electron chi connectivity index (χ2n) is 2.61. The Kier molecular flexibility index (Phi) is 8.33. The summed E-state index contributed by atoms with van der Waals surface area (Å²) >= 11 is 4.85. The van der Waals surface area contributed by atoms with Crippen molar-refractivity contribution in [2.24, 2.45) is 0 Å². The van der Waals surface area contributed by atoms with Gasteiger partial charge in [-0.3, -0.25) is 15.6 Å². The lowest BCUT2D eigenvalue weighted by Crippen LogP contribution is -2.46. The minimum Gasteiger partial charge on any atom is -0.385 e. The second-order valence-corrected chi connectivity index (χ2v) is 3.02. The minimum atomic E-state index is -0.418. The highest BCUT2D eigenvalue weighted by Crippen LogP contribution is 1.77. The van der Waals surface area contributed by atoms with E-state index in [-0.39, 0.29) is 6.42 Å². The Bertz CT molecular complexity index is 252. The van der Waals surface area contributed by atoms with E-state index in [0.29, 0.717) is 18.3 Å². The van der Waals surface area contributed by atoms with Crippen molar-refractivity contribution in [1.29, 1.82) is 5.26 Å². The maximum Gasteiger partial charge on any atom is 0.252 e. The molecule has 0 bridgehead atoms. The number of carbonyl (C=O) groups is 1. The molecule has 0 rings (SSSR count). The fraction of sp³-hybridized carbons (Fsp3) is 0.625. The van der Waals surface area contributed by atoms with Gasteiger partial charge < -0.3 is 10.1 Å². The van der Waals surface area contributed by atoms with E-state index in [4.69, 9.17) is 22.2 Å². The van der Waals surface area contributed by atoms with Gasteiger partial charge in [0.25, 0.3) is 5.91 Å². The van der Waals surface area contributed by atoms with Gasteiger partial charge in [0.2, 0.25) is 0 Å². The summed E-state index contributed by atoms with van der Waals surface area (Å²) in [6.07, 6.45) is 0.629. The third-order valence-electron chi connectivity index (χ3n) is 1.37. The smallest absolute Gasteiger partial charge is 0.252 e. The third kappa shape index (κ3) is 8.93. The maximum atomic E-state index is 10.8. The van der Waals surface area contributed by atoms with E-state index >= 15 is 0 Å². The van der Waals surface area contributed by atoms with Gasteiger partial charge in [-0.15, -0.1) is 0 Å². The van der Waals surface area contributed by atoms with Crippen LogP contribution in [0.4, 0.5) is 0 Å². The first-order valence-corrected chi connectivity index (χ1v) is 4.80. The van der Waals surface area contributed by atoms with E-state index < -0.39 is 5.91 Å². The summed E-state index contributed by atoms with van der Waals surface area (Å²) in [5.74, 6) is -0.418. The quantitative estimate of drug-likeness (QED) is 0.333. The van der Waals surface area contributed by atoms with E-state index in [9.17, 15) is 4.79 Å². The molecule has 1 amide bonds. The zero-order valence-electron chi connectivity index (χ0n) is 8.50. The molecule has 6 nitrogen and oxygen atoms in total. The van der Waals surface area contributed by atoms with Crippen LogP contribution in [-0.4, -0.2) is 31.3 Å². The van der Waals surface area contributed by atoms with Crippen molar-refractivity contribution in [1.82, 2.24) is 16.2 Å². The summed E-state index contributed by atoms with van der Waals surface area (Å²) in [5.41, 5.74) is 4.75. The van der Waals surface area contributed by atoms with Crippen LogP contribution in [0.3, 0.4) is 0 Å². The van der Waals surface area contributed by atoms with Crippen molar-refractivity contribution < 1.29 is 9.53 Å². The Labute approximate surface area is 93.9 Å². The molecule has 0 saturated carbocycles. The molecule has 0 unspecified atom stereocenters. The van der Waals surface area contributed by atoms with Gasteiger partial charge in [-0.25, -0.2) is 0 Å². The number of hydrogen-bond acceptors (Lipinski definition) is 4. The van der Waals surface area contributed by atoms with Gasteiger partial charge >= 0.3 is 0 Å². The molecule has 84 valence electrons. The Hall–Kier alpha value is -1.39. The summed E-state index contributed by atoms with van der Waals surface area (Å²) in [6, 6.07) is 1.72. The first-order valence-electron chi connectivity index (χ1n) is 4.39. The fourth-order valence-electron chi connectivity index (χ4n) is 0.705. The number of thiocarbonyl (C=S) groups is 1. The van der Waals surface area contributed by atoms with Crippen LogP contribution in [0.15, 0.2) is 0 Å². The molecule has 0 heterocycles. The lowest BCUT2D eigenvalue weighted by atomic mass is 10.4. The molecule has 0 aromatic carbocycles. The minimum absolute atomic E-state index is 0.195. The fourth-order valence-corrected chi connectivity index (χ4v) is 0.858. The number of amides is 1. The Morgan fingerprint density at radius 1 is 1.53 bits per heavy atom. The molecule has 3 N–H and O–H groups in total. The molecule has 15 heavy (non-hydrogen) atoms. The monoisotopic (exact) mass is 230 g/mol. The molecule has 0 aliphatic carbocycles. The van der Waals surface area contributed by atoms with Crippen molar-refractivity contribution in [2.45, 2.75) is 12.8 Å². The average molecular weight is 230 g/mol. The zero-order chi connectivity index (χ0) is 11.5. The SMILES string of the molecule is COCCCNC(=S)NNC(=O)CC#N. The molecule has 0 saturated heterocycles. The van der Waals surface area contributed by atoms with Crippen LogP contribution < -0.4 is 16.2 Å². The van der Waals surface area contributed by atoms with Gasteiger partial charge in [0.1, 0.15) is 6.42 Å². The molecule has 7 heteroatoms. The predicted molar refractivity (Wildman–Crippen MR) is 58.6 cm³/mol. The molecule has 0 aromatic rings. The summed E-state index contributed by atoms with van der Waals surface area (Å²) in [7, 11) is 1.62. The molecule has 0 aliphatic rings. The highest BCUT2D eigenvalue weighted by Gasteiger charge is 1.99. The standard InChI is InChI=1S/C8H14N4O2S/c1-14-6-2-5-10-8(15)12-11-7(13)3-4-9/h2-3,5-6H2,1H3,(H,11,13)(H2,10,12,15). The highest BCUT2D eigenvalue weighted by atomic mass is 32.1. The van der Waals surface area contributed by atoms with Crippen molar-refractivity contribution in [3.63, 3.8) is 0 Å². The number of nitrogens with zero attached hydrogens (tertiary/aromatic N) is 1. The van der Waals surface area contributed by atoms with E-state index in [2.05, 4.69) is 16.2 Å². The lowest BCUT2D eigenvalue weighted by Gasteiger charge is -2.10. The van der Waals surface area contributed by atoms with Crippen LogP contribution in [-0.2, 0) is 9.53 Å². The van der Waals surface area contributed by atoms with Gasteiger partial charge in [0.05, 0.1) is 6.07 Å². The summed E-state index contributed by atoms with van der Waals surface area (Å²) in [6.45, 7) is 1.31. The number of nitriles is 1. The van der Waals surface area contributed by atoms with Crippen molar-refractivity contribution >= 4 is 23.2 Å². The molecule has 0 aliphatic heterocycles. The molecule has 0 aromatic heterocycles. The number of methoxy groups -OCH3 is 1. The molecule has 0 atom stereocenters. The van der Waals surface area contributed by atoms with Crippen LogP contribution in [0.5, 0.6) is 0 Å². The Morgan fingerprint density at radius 2 is 2.27 bits per heavy atom. The Balaban J connectivity index is 3.41. The molecular weight excluding hydrogens is 216 g/mol. The van der Waals surface area contributed by atoms with Gasteiger partial charge in [-0.05, 0) is 18.6 Å². The van der Waals surface area contributed by atoms with Crippen LogP contribution in [0.25, 0.3) is 0 Å². The van der Waals surface area contributed by atoms with Crippen molar-refractivity contribution in [3.8, 4) is 6.07 Å². The number of rotatable bonds is 5. The van der Waals surface area contributed by atoms with Gasteiger partial charge in [-0.1, -0.05) is 0 Å². The summed E-state index contributed by atoms with van der Waals surface area (Å²) < 4.78 is 4.84. The summed E-state index contributed by atoms with van der Waals surface area (Å²) in [4.78, 5) is 10.8. The van der Waals surface area contributed by atoms with E-state index in [1.165, 1.54) is 0 Å². The van der Waals surface area contributed by atoms with Crippen LogP contribution in [0, 0.1) is 11.3 Å². The normalized spacial score (nSPS) is 8.80. The number of ether oxygens (including phenoxy) is 1. The van der Waals surface area contributed by atoms with Crippen molar-refractivity contribution in [3.05, 3.63) is 0 Å². The van der Waals surface area contributed by atoms with Gasteiger partial charge in [-0.2, -0.15) is 5.26 Å². The molecule has 0 spiro atoms. The number of nitrogens with one attached hydrogen (secondary N) is 3. The number of hydrogen-bond donors (Lipinski definition) is 3. The van der Waals surface area contributed by atoms with Crippen LogP contribution in [0.2, 0.25) is 0 Å². The zero-order valence-corrected chi connectivity index (χ0v) is 9.32. The van der Waals surface area contributed by atoms with Crippen LogP contribution >= 0.6 is 12.2 Å². The first kappa shape index (κ1) is 13.6. The second kappa shape index (κ2) is 9.18. The number of hydrazine groups is 1. The van der Waals surface area contributed by atoms with Gasteiger partial charge in [0.15, 0.2) is 5.11 Å². The van der Waals surface area contributed by atoms with E-state index in [1.54, 1.807) is 13.2 Å². The molecule has 0 fully saturated rings. The maximum absolute atomic E-state index is 10.8. The van der Waals surface area contributed by atoms with Crippen LogP contribution in [0.1, 0.15) is 12.8 Å². The largest absolute Gasteiger partial charge is 0.385 e. The van der Waals surface area contributed by atoms with Gasteiger partial charge in [0, 0.05) is 20.3 Å². The predicted octanol–water partition coefficient (Wildman–Crippen LogP) is -0.568. The highest BCUT2D eigenvalue weighted by molar-refractivity contribution is 7.80. The third-order valence-corrected chi connectivity index (χ3v) is 1.61. The van der Waals surface area contributed by atoms with Crippen molar-refractivity contribution in [2.75, 3.05) is 20.3 Å². The first-order chi connectivity index (χ1) is 7.20. The average Bonchev–Trinajstić information content (AvgIpc) is 2.22. The summed E-state index contributed by atoms with van der Waals surface area (Å²) in [5, 5.41) is 11.4. The molecular formula is C8H14N4O2S. The lowest BCUT2D eigenvalue weighted by molar-refractivity contribution is -0.120. The molecule has 0 radical (unpaired) electrons. The number of carbonyl (C=O) groups excluding carboxylic acids is 1. The Morgan fingerprint density at radius 3 is 2.87 bits per heavy atom. The topological polar surface area (TPSA) is 86.2 Å². The van der Waals surface area contributed by atoms with E-state index in [0.717, 1.165) is 6.42 Å². The van der Waals surface area contributed by atoms with E-state index in [1.807, 2.05) is 0 Å².